The molecule has 2 nitrogen and oxygen atoms in total. The molecule has 0 saturated heterocycles. The van der Waals surface area contributed by atoms with Crippen LogP contribution in [0.1, 0.15) is 52.6 Å². The third-order valence-corrected chi connectivity index (χ3v) is 4.60. The molecule has 0 heterocycles. The summed E-state index contributed by atoms with van der Waals surface area (Å²) in [5, 5.41) is 0. The van der Waals surface area contributed by atoms with Gasteiger partial charge < -0.3 is 0 Å². The van der Waals surface area contributed by atoms with Crippen LogP contribution in [0, 0.1) is 13.8 Å². The maximum absolute atomic E-state index is 5.94. The van der Waals surface area contributed by atoms with Crippen molar-refractivity contribution in [3.63, 3.8) is 0 Å². The van der Waals surface area contributed by atoms with E-state index < -0.39 is 0 Å². The Morgan fingerprint density at radius 2 is 1.81 bits per heavy atom. The standard InChI is InChI=1S/C19H24N2/c1-13-10-14(2)12-16(11-13)19(21-20)18-9-5-7-15-6-3-4-8-17(15)18/h3-4,6,8,10-12,18-19,21H,5,7,9,20H2,1-2H3. The van der Waals surface area contributed by atoms with Crippen molar-refractivity contribution in [2.45, 2.75) is 45.1 Å². The first-order chi connectivity index (χ1) is 10.2. The summed E-state index contributed by atoms with van der Waals surface area (Å²) in [5.74, 6) is 6.40. The highest BCUT2D eigenvalue weighted by Gasteiger charge is 2.28. The van der Waals surface area contributed by atoms with E-state index in [-0.39, 0.29) is 6.04 Å². The van der Waals surface area contributed by atoms with Crippen molar-refractivity contribution in [2.24, 2.45) is 5.84 Å². The Labute approximate surface area is 127 Å². The van der Waals surface area contributed by atoms with Crippen LogP contribution < -0.4 is 11.3 Å². The van der Waals surface area contributed by atoms with Crippen LogP contribution >= 0.6 is 0 Å². The molecule has 1 aliphatic rings. The van der Waals surface area contributed by atoms with E-state index in [2.05, 4.69) is 61.7 Å². The summed E-state index contributed by atoms with van der Waals surface area (Å²) in [5.41, 5.74) is 9.93. The van der Waals surface area contributed by atoms with Crippen LogP contribution in [0.2, 0.25) is 0 Å². The van der Waals surface area contributed by atoms with Gasteiger partial charge in [0, 0.05) is 5.92 Å². The number of nitrogens with two attached hydrogens (primary N) is 1. The van der Waals surface area contributed by atoms with Crippen molar-refractivity contribution in [3.8, 4) is 0 Å². The van der Waals surface area contributed by atoms with Gasteiger partial charge in [-0.3, -0.25) is 11.3 Å². The molecule has 0 aliphatic heterocycles. The summed E-state index contributed by atoms with van der Waals surface area (Å²) in [6.07, 6.45) is 3.63. The largest absolute Gasteiger partial charge is 0.271 e. The summed E-state index contributed by atoms with van der Waals surface area (Å²) in [4.78, 5) is 0. The lowest BCUT2D eigenvalue weighted by molar-refractivity contribution is 0.408. The Morgan fingerprint density at radius 1 is 1.10 bits per heavy atom. The Kier molecular flexibility index (Phi) is 4.09. The van der Waals surface area contributed by atoms with Crippen LogP contribution in [0.15, 0.2) is 42.5 Å². The van der Waals surface area contributed by atoms with Gasteiger partial charge in [-0.05, 0) is 49.8 Å². The molecule has 3 rings (SSSR count). The van der Waals surface area contributed by atoms with Crippen molar-refractivity contribution in [2.75, 3.05) is 0 Å². The molecule has 21 heavy (non-hydrogen) atoms. The minimum Gasteiger partial charge on any atom is -0.271 e. The predicted octanol–water partition coefficient (Wildman–Crippen LogP) is 3.93. The number of hydrogen-bond donors (Lipinski definition) is 2. The third-order valence-electron chi connectivity index (χ3n) is 4.60. The van der Waals surface area contributed by atoms with Crippen LogP contribution in [0.5, 0.6) is 0 Å². The van der Waals surface area contributed by atoms with Crippen LogP contribution in [0.25, 0.3) is 0 Å². The van der Waals surface area contributed by atoms with E-state index in [1.54, 1.807) is 0 Å². The maximum Gasteiger partial charge on any atom is 0.0528 e. The number of hydrazine groups is 1. The van der Waals surface area contributed by atoms with E-state index in [1.165, 1.54) is 47.1 Å². The fraction of sp³-hybridized carbons (Fsp3) is 0.368. The van der Waals surface area contributed by atoms with E-state index in [0.29, 0.717) is 5.92 Å². The van der Waals surface area contributed by atoms with E-state index in [0.717, 1.165) is 0 Å². The molecule has 3 N–H and O–H groups in total. The number of hydrogen-bond acceptors (Lipinski definition) is 2. The second-order valence-electron chi connectivity index (χ2n) is 6.26. The van der Waals surface area contributed by atoms with Crippen molar-refractivity contribution in [3.05, 3.63) is 70.3 Å². The Hall–Kier alpha value is -1.64. The van der Waals surface area contributed by atoms with Gasteiger partial charge in [-0.15, -0.1) is 0 Å². The highest BCUT2D eigenvalue weighted by Crippen LogP contribution is 2.40. The van der Waals surface area contributed by atoms with Crippen molar-refractivity contribution in [1.29, 1.82) is 0 Å². The van der Waals surface area contributed by atoms with Gasteiger partial charge in [0.05, 0.1) is 6.04 Å². The normalized spacial score (nSPS) is 19.1. The average Bonchev–Trinajstić information content (AvgIpc) is 2.47. The average molecular weight is 280 g/mol. The van der Waals surface area contributed by atoms with E-state index in [9.17, 15) is 0 Å². The zero-order chi connectivity index (χ0) is 14.8. The monoisotopic (exact) mass is 280 g/mol. The Morgan fingerprint density at radius 3 is 2.52 bits per heavy atom. The minimum atomic E-state index is 0.185. The summed E-state index contributed by atoms with van der Waals surface area (Å²) in [6.45, 7) is 4.30. The van der Waals surface area contributed by atoms with Crippen molar-refractivity contribution in [1.82, 2.24) is 5.43 Å². The molecule has 2 heteroatoms. The highest BCUT2D eigenvalue weighted by molar-refractivity contribution is 5.38. The zero-order valence-corrected chi connectivity index (χ0v) is 12.9. The smallest absolute Gasteiger partial charge is 0.0528 e. The number of fused-ring (bicyclic) bond motifs is 1. The molecule has 0 fully saturated rings. The molecule has 0 saturated carbocycles. The van der Waals surface area contributed by atoms with Gasteiger partial charge in [-0.25, -0.2) is 0 Å². The van der Waals surface area contributed by atoms with Gasteiger partial charge in [0.2, 0.25) is 0 Å². The molecule has 0 spiro atoms. The fourth-order valence-electron chi connectivity index (χ4n) is 3.77. The maximum atomic E-state index is 5.94. The van der Waals surface area contributed by atoms with E-state index in [4.69, 9.17) is 5.84 Å². The molecule has 0 amide bonds. The molecule has 0 aromatic heterocycles. The molecular formula is C19H24N2. The quantitative estimate of drug-likeness (QED) is 0.660. The van der Waals surface area contributed by atoms with Gasteiger partial charge >= 0.3 is 0 Å². The molecule has 110 valence electrons. The van der Waals surface area contributed by atoms with Gasteiger partial charge in [0.15, 0.2) is 0 Å². The number of nitrogens with one attached hydrogen (secondary N) is 1. The second kappa shape index (κ2) is 6.00. The number of rotatable bonds is 3. The van der Waals surface area contributed by atoms with Crippen molar-refractivity contribution >= 4 is 0 Å². The Bertz CT molecular complexity index is 613. The lowest BCUT2D eigenvalue weighted by atomic mass is 9.76. The molecule has 2 atom stereocenters. The van der Waals surface area contributed by atoms with E-state index in [1.807, 2.05) is 0 Å². The first kappa shape index (κ1) is 14.3. The van der Waals surface area contributed by atoms with Gasteiger partial charge in [-0.1, -0.05) is 53.6 Å². The summed E-state index contributed by atoms with van der Waals surface area (Å²) < 4.78 is 0. The SMILES string of the molecule is Cc1cc(C)cc(C(NN)C2CCCc3ccccc32)c1. The molecule has 1 aliphatic carbocycles. The minimum absolute atomic E-state index is 0.185. The summed E-state index contributed by atoms with van der Waals surface area (Å²) in [6, 6.07) is 15.7. The Balaban J connectivity index is 2.01. The highest BCUT2D eigenvalue weighted by atomic mass is 15.2. The van der Waals surface area contributed by atoms with Gasteiger partial charge in [-0.2, -0.15) is 0 Å². The second-order valence-corrected chi connectivity index (χ2v) is 6.26. The molecule has 2 aromatic carbocycles. The van der Waals surface area contributed by atoms with Crippen LogP contribution in [0.4, 0.5) is 0 Å². The topological polar surface area (TPSA) is 38.0 Å². The zero-order valence-electron chi connectivity index (χ0n) is 12.9. The van der Waals surface area contributed by atoms with Gasteiger partial charge in [0.1, 0.15) is 0 Å². The van der Waals surface area contributed by atoms with Crippen LogP contribution in [-0.2, 0) is 6.42 Å². The number of benzene rings is 2. The molecule has 2 aromatic rings. The molecule has 0 bridgehead atoms. The van der Waals surface area contributed by atoms with Gasteiger partial charge in [0.25, 0.3) is 0 Å². The molecule has 2 unspecified atom stereocenters. The first-order valence-electron chi connectivity index (χ1n) is 7.81. The third kappa shape index (κ3) is 2.87. The molecular weight excluding hydrogens is 256 g/mol. The van der Waals surface area contributed by atoms with E-state index >= 15 is 0 Å². The molecule has 0 radical (unpaired) electrons. The number of aryl methyl sites for hydroxylation is 3. The lowest BCUT2D eigenvalue weighted by Crippen LogP contribution is -2.34. The summed E-state index contributed by atoms with van der Waals surface area (Å²) in [7, 11) is 0. The van der Waals surface area contributed by atoms with Crippen LogP contribution in [-0.4, -0.2) is 0 Å². The predicted molar refractivity (Wildman–Crippen MR) is 88.1 cm³/mol. The fourth-order valence-corrected chi connectivity index (χ4v) is 3.77. The van der Waals surface area contributed by atoms with Crippen molar-refractivity contribution < 1.29 is 0 Å². The summed E-state index contributed by atoms with van der Waals surface area (Å²) >= 11 is 0. The lowest BCUT2D eigenvalue weighted by Gasteiger charge is -2.32. The first-order valence-corrected chi connectivity index (χ1v) is 7.81. The van der Waals surface area contributed by atoms with Crippen LogP contribution in [0.3, 0.4) is 0 Å².